The lowest BCUT2D eigenvalue weighted by Gasteiger charge is -2.26. The van der Waals surface area contributed by atoms with E-state index in [-0.39, 0.29) is 0 Å². The topological polar surface area (TPSA) is 45.8 Å². The molecule has 0 aromatic carbocycles. The monoisotopic (exact) mass is 275 g/mol. The van der Waals surface area contributed by atoms with Crippen LogP contribution < -0.4 is 10.6 Å². The Hall–Kier alpha value is -0.200. The van der Waals surface area contributed by atoms with Crippen molar-refractivity contribution in [3.63, 3.8) is 0 Å². The van der Waals surface area contributed by atoms with E-state index in [0.29, 0.717) is 0 Å². The van der Waals surface area contributed by atoms with Crippen LogP contribution in [0.15, 0.2) is 0 Å². The Morgan fingerprint density at radius 1 is 1.05 bits per heavy atom. The molecule has 1 rings (SSSR count). The van der Waals surface area contributed by atoms with Crippen LogP contribution in [0, 0.1) is 0 Å². The molecule has 0 radical (unpaired) electrons. The average Bonchev–Trinajstić information content (AvgIpc) is 2.45. The summed E-state index contributed by atoms with van der Waals surface area (Å²) < 4.78 is 10.8. The molecule has 5 nitrogen and oxygen atoms in total. The third-order valence-corrected chi connectivity index (χ3v) is 2.87. The molecule has 5 heteroatoms. The highest BCUT2D eigenvalue weighted by Crippen LogP contribution is 1.95. The molecule has 0 aromatic heterocycles. The van der Waals surface area contributed by atoms with Gasteiger partial charge in [0.25, 0.3) is 0 Å². The normalized spacial score (nSPS) is 15.9. The molecular weight excluding hydrogens is 242 g/mol. The SMILES string of the molecule is CCCNC.CNCCCOCCN1CCOCC1. The predicted molar refractivity (Wildman–Crippen MR) is 80.8 cm³/mol. The van der Waals surface area contributed by atoms with Gasteiger partial charge in [0.05, 0.1) is 19.8 Å². The van der Waals surface area contributed by atoms with Gasteiger partial charge in [-0.3, -0.25) is 4.90 Å². The summed E-state index contributed by atoms with van der Waals surface area (Å²) in [5.41, 5.74) is 0. The van der Waals surface area contributed by atoms with E-state index in [1.54, 1.807) is 0 Å². The first-order valence-corrected chi connectivity index (χ1v) is 7.52. The van der Waals surface area contributed by atoms with Crippen LogP contribution in [-0.2, 0) is 9.47 Å². The van der Waals surface area contributed by atoms with E-state index in [1.807, 2.05) is 14.1 Å². The molecule has 0 amide bonds. The van der Waals surface area contributed by atoms with Crippen molar-refractivity contribution in [1.29, 1.82) is 0 Å². The van der Waals surface area contributed by atoms with Crippen molar-refractivity contribution in [1.82, 2.24) is 15.5 Å². The number of ether oxygens (including phenoxy) is 2. The third kappa shape index (κ3) is 14.0. The minimum Gasteiger partial charge on any atom is -0.380 e. The van der Waals surface area contributed by atoms with Crippen molar-refractivity contribution in [2.75, 3.05) is 73.2 Å². The molecule has 1 saturated heterocycles. The maximum atomic E-state index is 5.52. The molecule has 0 unspecified atom stereocenters. The first-order chi connectivity index (χ1) is 9.35. The van der Waals surface area contributed by atoms with E-state index in [0.717, 1.165) is 65.6 Å². The van der Waals surface area contributed by atoms with E-state index in [9.17, 15) is 0 Å². The highest BCUT2D eigenvalue weighted by molar-refractivity contribution is 4.60. The Morgan fingerprint density at radius 2 is 1.74 bits per heavy atom. The highest BCUT2D eigenvalue weighted by atomic mass is 16.5. The number of nitrogens with one attached hydrogen (secondary N) is 2. The number of nitrogens with zero attached hydrogens (tertiary/aromatic N) is 1. The molecule has 0 spiro atoms. The Balaban J connectivity index is 0.000000555. The average molecular weight is 275 g/mol. The molecule has 0 bridgehead atoms. The van der Waals surface area contributed by atoms with Crippen molar-refractivity contribution < 1.29 is 9.47 Å². The number of hydrogen-bond acceptors (Lipinski definition) is 5. The lowest BCUT2D eigenvalue weighted by atomic mass is 10.4. The second kappa shape index (κ2) is 15.9. The van der Waals surface area contributed by atoms with Crippen LogP contribution in [0.2, 0.25) is 0 Å². The first kappa shape index (κ1) is 18.8. The zero-order chi connectivity index (χ0) is 14.2. The van der Waals surface area contributed by atoms with Gasteiger partial charge >= 0.3 is 0 Å². The first-order valence-electron chi connectivity index (χ1n) is 7.52. The molecule has 0 aliphatic carbocycles. The van der Waals surface area contributed by atoms with E-state index in [1.165, 1.54) is 6.42 Å². The molecule has 2 N–H and O–H groups in total. The number of rotatable bonds is 9. The Bertz CT molecular complexity index is 163. The van der Waals surface area contributed by atoms with Gasteiger partial charge in [-0.15, -0.1) is 0 Å². The van der Waals surface area contributed by atoms with Crippen molar-refractivity contribution >= 4 is 0 Å². The van der Waals surface area contributed by atoms with Gasteiger partial charge in [0, 0.05) is 26.2 Å². The highest BCUT2D eigenvalue weighted by Gasteiger charge is 2.08. The van der Waals surface area contributed by atoms with Gasteiger partial charge in [0.2, 0.25) is 0 Å². The summed E-state index contributed by atoms with van der Waals surface area (Å²) in [4.78, 5) is 2.39. The summed E-state index contributed by atoms with van der Waals surface area (Å²) in [6.07, 6.45) is 2.33. The fourth-order valence-electron chi connectivity index (χ4n) is 1.72. The summed E-state index contributed by atoms with van der Waals surface area (Å²) in [6, 6.07) is 0. The number of hydrogen-bond donors (Lipinski definition) is 2. The van der Waals surface area contributed by atoms with Crippen LogP contribution >= 0.6 is 0 Å². The molecule has 0 atom stereocenters. The van der Waals surface area contributed by atoms with E-state index in [2.05, 4.69) is 22.5 Å². The molecule has 116 valence electrons. The fraction of sp³-hybridized carbons (Fsp3) is 1.00. The van der Waals surface area contributed by atoms with E-state index in [4.69, 9.17) is 9.47 Å². The standard InChI is InChI=1S/C10H22N2O2.C4H11N/c1-11-3-2-7-13-8-4-12-5-9-14-10-6-12;1-3-4-5-2/h11H,2-10H2,1H3;5H,3-4H2,1-2H3. The quantitative estimate of drug-likeness (QED) is 0.602. The van der Waals surface area contributed by atoms with Crippen LogP contribution in [0.3, 0.4) is 0 Å². The molecule has 1 aliphatic heterocycles. The van der Waals surface area contributed by atoms with Crippen LogP contribution in [0.25, 0.3) is 0 Å². The van der Waals surface area contributed by atoms with Crippen LogP contribution in [-0.4, -0.2) is 78.1 Å². The van der Waals surface area contributed by atoms with Gasteiger partial charge in [-0.25, -0.2) is 0 Å². The lowest BCUT2D eigenvalue weighted by Crippen LogP contribution is -2.38. The summed E-state index contributed by atoms with van der Waals surface area (Å²) in [6.45, 7) is 10.9. The van der Waals surface area contributed by atoms with Gasteiger partial charge in [-0.05, 0) is 40.0 Å². The number of morpholine rings is 1. The second-order valence-corrected chi connectivity index (χ2v) is 4.63. The minimum atomic E-state index is 0.851. The zero-order valence-corrected chi connectivity index (χ0v) is 13.0. The summed E-state index contributed by atoms with van der Waals surface area (Å²) in [5.74, 6) is 0. The van der Waals surface area contributed by atoms with Crippen LogP contribution in [0.4, 0.5) is 0 Å². The van der Waals surface area contributed by atoms with Gasteiger partial charge in [-0.1, -0.05) is 6.92 Å². The zero-order valence-electron chi connectivity index (χ0n) is 13.0. The van der Waals surface area contributed by atoms with Gasteiger partial charge in [0.15, 0.2) is 0 Å². The van der Waals surface area contributed by atoms with Crippen LogP contribution in [0.5, 0.6) is 0 Å². The van der Waals surface area contributed by atoms with E-state index >= 15 is 0 Å². The smallest absolute Gasteiger partial charge is 0.0594 e. The maximum absolute atomic E-state index is 5.52. The molecule has 1 heterocycles. The molecule has 0 saturated carbocycles. The predicted octanol–water partition coefficient (Wildman–Crippen LogP) is 0.561. The fourth-order valence-corrected chi connectivity index (χ4v) is 1.72. The van der Waals surface area contributed by atoms with Gasteiger partial charge < -0.3 is 20.1 Å². The Morgan fingerprint density at radius 3 is 2.26 bits per heavy atom. The molecular formula is C14H33N3O2. The Kier molecular flexibility index (Phi) is 15.7. The Labute approximate surface area is 119 Å². The largest absolute Gasteiger partial charge is 0.380 e. The second-order valence-electron chi connectivity index (χ2n) is 4.63. The lowest BCUT2D eigenvalue weighted by molar-refractivity contribution is 0.0202. The van der Waals surface area contributed by atoms with Crippen molar-refractivity contribution in [2.24, 2.45) is 0 Å². The molecule has 19 heavy (non-hydrogen) atoms. The molecule has 1 fully saturated rings. The van der Waals surface area contributed by atoms with Crippen molar-refractivity contribution in [3.8, 4) is 0 Å². The van der Waals surface area contributed by atoms with Gasteiger partial charge in [-0.2, -0.15) is 0 Å². The summed E-state index contributed by atoms with van der Waals surface area (Å²) >= 11 is 0. The summed E-state index contributed by atoms with van der Waals surface area (Å²) in [7, 11) is 3.93. The van der Waals surface area contributed by atoms with Gasteiger partial charge in [0.1, 0.15) is 0 Å². The summed E-state index contributed by atoms with van der Waals surface area (Å²) in [5, 5.41) is 6.12. The minimum absolute atomic E-state index is 0.851. The third-order valence-electron chi connectivity index (χ3n) is 2.87. The van der Waals surface area contributed by atoms with E-state index < -0.39 is 0 Å². The molecule has 0 aromatic rings. The maximum Gasteiger partial charge on any atom is 0.0594 e. The van der Waals surface area contributed by atoms with Crippen molar-refractivity contribution in [3.05, 3.63) is 0 Å². The van der Waals surface area contributed by atoms with Crippen molar-refractivity contribution in [2.45, 2.75) is 19.8 Å². The van der Waals surface area contributed by atoms with Crippen LogP contribution in [0.1, 0.15) is 19.8 Å². The molecule has 1 aliphatic rings.